The number of rotatable bonds is 2. The number of hydrogen-bond acceptors (Lipinski definition) is 4. The number of carbonyl (C=O) groups excluding carboxylic acids is 1. The van der Waals surface area contributed by atoms with Gasteiger partial charge in [-0.15, -0.1) is 0 Å². The molecule has 1 aliphatic heterocycles. The molecule has 6 heteroatoms. The molecule has 1 aliphatic rings. The zero-order valence-corrected chi connectivity index (χ0v) is 12.6. The molecule has 21 heavy (non-hydrogen) atoms. The SMILES string of the molecule is O=C(c1ccncc1)N1N=CC[C@]1(O)c1cccc(Br)c1. The third-order valence-corrected chi connectivity index (χ3v) is 3.82. The van der Waals surface area contributed by atoms with E-state index in [1.54, 1.807) is 30.5 Å². The highest BCUT2D eigenvalue weighted by Crippen LogP contribution is 2.35. The van der Waals surface area contributed by atoms with Crippen molar-refractivity contribution in [3.8, 4) is 0 Å². The quantitative estimate of drug-likeness (QED) is 0.909. The van der Waals surface area contributed by atoms with Crippen molar-refractivity contribution in [1.82, 2.24) is 9.99 Å². The second-order valence-electron chi connectivity index (χ2n) is 4.68. The molecule has 0 unspecified atom stereocenters. The predicted molar refractivity (Wildman–Crippen MR) is 81.6 cm³/mol. The van der Waals surface area contributed by atoms with Crippen molar-refractivity contribution < 1.29 is 9.90 Å². The molecule has 2 aromatic rings. The number of halogens is 1. The van der Waals surface area contributed by atoms with Crippen LogP contribution in [0.4, 0.5) is 0 Å². The lowest BCUT2D eigenvalue weighted by atomic mass is 9.99. The van der Waals surface area contributed by atoms with Crippen LogP contribution in [-0.2, 0) is 5.72 Å². The number of aromatic nitrogens is 1. The first kappa shape index (κ1) is 13.9. The minimum Gasteiger partial charge on any atom is -0.365 e. The van der Waals surface area contributed by atoms with Crippen LogP contribution in [0.2, 0.25) is 0 Å². The standard InChI is InChI=1S/C15H12BrN3O2/c16-13-3-1-2-12(10-13)15(21)6-9-18-19(15)14(20)11-4-7-17-8-5-11/h1-5,7-10,21H,6H2/t15-/m0/s1. The number of hydrazone groups is 1. The molecule has 0 aliphatic carbocycles. The van der Waals surface area contributed by atoms with Gasteiger partial charge in [0, 0.05) is 40.6 Å². The van der Waals surface area contributed by atoms with E-state index in [0.717, 1.165) is 9.48 Å². The summed E-state index contributed by atoms with van der Waals surface area (Å²) < 4.78 is 0.830. The Bertz CT molecular complexity index is 705. The van der Waals surface area contributed by atoms with Crippen LogP contribution in [0.25, 0.3) is 0 Å². The van der Waals surface area contributed by atoms with Crippen molar-refractivity contribution in [1.29, 1.82) is 0 Å². The summed E-state index contributed by atoms with van der Waals surface area (Å²) in [5.74, 6) is -0.367. The average Bonchev–Trinajstić information content (AvgIpc) is 2.91. The largest absolute Gasteiger partial charge is 0.365 e. The summed E-state index contributed by atoms with van der Waals surface area (Å²) in [5, 5.41) is 16.1. The van der Waals surface area contributed by atoms with Gasteiger partial charge in [-0.3, -0.25) is 9.78 Å². The minimum atomic E-state index is -1.47. The molecule has 1 aromatic carbocycles. The number of nitrogens with zero attached hydrogens (tertiary/aromatic N) is 3. The Morgan fingerprint density at radius 1 is 1.29 bits per heavy atom. The molecule has 0 saturated heterocycles. The summed E-state index contributed by atoms with van der Waals surface area (Å²) in [6.07, 6.45) is 4.86. The van der Waals surface area contributed by atoms with E-state index in [-0.39, 0.29) is 12.3 Å². The monoisotopic (exact) mass is 345 g/mol. The van der Waals surface area contributed by atoms with Gasteiger partial charge in [0.25, 0.3) is 5.91 Å². The zero-order valence-electron chi connectivity index (χ0n) is 11.0. The predicted octanol–water partition coefficient (Wildman–Crippen LogP) is 2.52. The third-order valence-electron chi connectivity index (χ3n) is 3.33. The summed E-state index contributed by atoms with van der Waals surface area (Å²) in [5.41, 5.74) is -0.432. The zero-order chi connectivity index (χ0) is 14.9. The molecule has 0 saturated carbocycles. The summed E-state index contributed by atoms with van der Waals surface area (Å²) in [6.45, 7) is 0. The Balaban J connectivity index is 1.98. The maximum absolute atomic E-state index is 12.5. The van der Waals surface area contributed by atoms with Gasteiger partial charge in [-0.1, -0.05) is 28.1 Å². The van der Waals surface area contributed by atoms with E-state index in [2.05, 4.69) is 26.0 Å². The van der Waals surface area contributed by atoms with Crippen molar-refractivity contribution in [2.45, 2.75) is 12.1 Å². The van der Waals surface area contributed by atoms with Crippen molar-refractivity contribution >= 4 is 28.1 Å². The molecule has 1 atom stereocenters. The number of benzene rings is 1. The fourth-order valence-corrected chi connectivity index (χ4v) is 2.65. The average molecular weight is 346 g/mol. The van der Waals surface area contributed by atoms with Crippen LogP contribution in [-0.4, -0.2) is 27.2 Å². The fourth-order valence-electron chi connectivity index (χ4n) is 2.25. The molecule has 0 fully saturated rings. The maximum atomic E-state index is 12.5. The first-order valence-corrected chi connectivity index (χ1v) is 7.16. The van der Waals surface area contributed by atoms with E-state index in [0.29, 0.717) is 11.1 Å². The molecule has 0 radical (unpaired) electrons. The normalized spacial score (nSPS) is 20.8. The van der Waals surface area contributed by atoms with Crippen LogP contribution in [0.3, 0.4) is 0 Å². The fraction of sp³-hybridized carbons (Fsp3) is 0.133. The highest BCUT2D eigenvalue weighted by atomic mass is 79.9. The van der Waals surface area contributed by atoms with Crippen LogP contribution in [0, 0.1) is 0 Å². The first-order valence-electron chi connectivity index (χ1n) is 6.37. The molecule has 106 valence electrons. The van der Waals surface area contributed by atoms with Crippen molar-refractivity contribution in [3.63, 3.8) is 0 Å². The Morgan fingerprint density at radius 3 is 2.76 bits per heavy atom. The van der Waals surface area contributed by atoms with Gasteiger partial charge < -0.3 is 5.11 Å². The van der Waals surface area contributed by atoms with E-state index >= 15 is 0 Å². The molecule has 1 amide bonds. The highest BCUT2D eigenvalue weighted by Gasteiger charge is 2.43. The third kappa shape index (κ3) is 2.48. The smallest absolute Gasteiger partial charge is 0.277 e. The van der Waals surface area contributed by atoms with Gasteiger partial charge in [0.2, 0.25) is 0 Å². The molecule has 3 rings (SSSR count). The summed E-state index contributed by atoms with van der Waals surface area (Å²) in [6, 6.07) is 10.4. The van der Waals surface area contributed by atoms with Gasteiger partial charge in [-0.25, -0.2) is 0 Å². The van der Waals surface area contributed by atoms with Crippen LogP contribution < -0.4 is 0 Å². The Hall–Kier alpha value is -2.05. The highest BCUT2D eigenvalue weighted by molar-refractivity contribution is 9.10. The van der Waals surface area contributed by atoms with Crippen molar-refractivity contribution in [2.24, 2.45) is 5.10 Å². The van der Waals surface area contributed by atoms with Crippen LogP contribution in [0.15, 0.2) is 58.4 Å². The Kier molecular flexibility index (Phi) is 3.57. The van der Waals surface area contributed by atoms with E-state index in [9.17, 15) is 9.90 Å². The van der Waals surface area contributed by atoms with Gasteiger partial charge >= 0.3 is 0 Å². The maximum Gasteiger partial charge on any atom is 0.277 e. The van der Waals surface area contributed by atoms with E-state index in [1.165, 1.54) is 12.4 Å². The molecular formula is C15H12BrN3O2. The lowest BCUT2D eigenvalue weighted by Gasteiger charge is -2.31. The Labute approximate surface area is 130 Å². The number of pyridine rings is 1. The van der Waals surface area contributed by atoms with Crippen molar-refractivity contribution in [3.05, 3.63) is 64.4 Å². The Morgan fingerprint density at radius 2 is 2.05 bits per heavy atom. The van der Waals surface area contributed by atoms with E-state index in [4.69, 9.17) is 0 Å². The molecule has 1 aromatic heterocycles. The van der Waals surface area contributed by atoms with Crippen LogP contribution >= 0.6 is 15.9 Å². The van der Waals surface area contributed by atoms with E-state index < -0.39 is 5.72 Å². The second-order valence-corrected chi connectivity index (χ2v) is 5.60. The second kappa shape index (κ2) is 5.38. The van der Waals surface area contributed by atoms with E-state index in [1.807, 2.05) is 12.1 Å². The minimum absolute atomic E-state index is 0.250. The summed E-state index contributed by atoms with van der Waals surface area (Å²) in [4.78, 5) is 16.4. The van der Waals surface area contributed by atoms with Gasteiger partial charge in [-0.05, 0) is 24.3 Å². The number of aliphatic hydroxyl groups is 1. The van der Waals surface area contributed by atoms with Gasteiger partial charge in [0.1, 0.15) is 0 Å². The molecule has 0 spiro atoms. The first-order chi connectivity index (χ1) is 10.1. The van der Waals surface area contributed by atoms with Crippen LogP contribution in [0.1, 0.15) is 22.3 Å². The molecule has 5 nitrogen and oxygen atoms in total. The molecule has 2 heterocycles. The number of amides is 1. The summed E-state index contributed by atoms with van der Waals surface area (Å²) in [7, 11) is 0. The molecular weight excluding hydrogens is 334 g/mol. The summed E-state index contributed by atoms with van der Waals surface area (Å²) >= 11 is 3.37. The lowest BCUT2D eigenvalue weighted by molar-refractivity contribution is -0.0764. The number of carbonyl (C=O) groups is 1. The molecule has 1 N–H and O–H groups in total. The topological polar surface area (TPSA) is 65.8 Å². The van der Waals surface area contributed by atoms with Gasteiger partial charge in [0.15, 0.2) is 5.72 Å². The van der Waals surface area contributed by atoms with Crippen molar-refractivity contribution in [2.75, 3.05) is 0 Å². The lowest BCUT2D eigenvalue weighted by Crippen LogP contribution is -2.43. The van der Waals surface area contributed by atoms with Gasteiger partial charge in [-0.2, -0.15) is 10.1 Å². The number of hydrogen-bond donors (Lipinski definition) is 1. The van der Waals surface area contributed by atoms with Crippen LogP contribution in [0.5, 0.6) is 0 Å². The van der Waals surface area contributed by atoms with Gasteiger partial charge in [0.05, 0.1) is 0 Å². The molecule has 0 bridgehead atoms.